The van der Waals surface area contributed by atoms with E-state index in [4.69, 9.17) is 5.73 Å². The van der Waals surface area contributed by atoms with Crippen LogP contribution in [-0.4, -0.2) is 29.0 Å². The van der Waals surface area contributed by atoms with Crippen LogP contribution in [0.25, 0.3) is 10.2 Å². The van der Waals surface area contributed by atoms with Crippen LogP contribution in [0.15, 0.2) is 6.07 Å². The molecular weight excluding hydrogens is 262 g/mol. The van der Waals surface area contributed by atoms with Gasteiger partial charge in [0.15, 0.2) is 0 Å². The van der Waals surface area contributed by atoms with Gasteiger partial charge < -0.3 is 16.4 Å². The molecule has 1 amide bonds. The topological polar surface area (TPSA) is 92.9 Å². The number of hydrogen-bond donors (Lipinski definition) is 3. The molecule has 2 aromatic heterocycles. The van der Waals surface area contributed by atoms with Crippen molar-refractivity contribution < 1.29 is 4.79 Å². The zero-order valence-corrected chi connectivity index (χ0v) is 11.8. The van der Waals surface area contributed by atoms with Crippen molar-refractivity contribution in [3.05, 3.63) is 10.9 Å². The number of nitrogens with zero attached hydrogens (tertiary/aromatic N) is 2. The third-order valence-corrected chi connectivity index (χ3v) is 3.50. The summed E-state index contributed by atoms with van der Waals surface area (Å²) in [7, 11) is 0. The number of nitrogen functional groups attached to an aromatic ring is 1. The van der Waals surface area contributed by atoms with Gasteiger partial charge in [0.2, 0.25) is 11.9 Å². The first kappa shape index (κ1) is 13.5. The van der Waals surface area contributed by atoms with Crippen molar-refractivity contribution >= 4 is 39.2 Å². The fraction of sp³-hybridized carbons (Fsp3) is 0.417. The maximum atomic E-state index is 11.4. The van der Waals surface area contributed by atoms with E-state index in [0.29, 0.717) is 25.3 Å². The average molecular weight is 279 g/mol. The van der Waals surface area contributed by atoms with Crippen molar-refractivity contribution in [3.63, 3.8) is 0 Å². The molecule has 0 unspecified atom stereocenters. The molecule has 7 heteroatoms. The van der Waals surface area contributed by atoms with E-state index in [1.54, 1.807) is 11.3 Å². The third kappa shape index (κ3) is 3.31. The Labute approximate surface area is 115 Å². The molecule has 2 aromatic rings. The molecule has 0 bridgehead atoms. The Hall–Kier alpha value is -1.89. The molecule has 2 heterocycles. The summed E-state index contributed by atoms with van der Waals surface area (Å²) in [5.41, 5.74) is 5.68. The SMILES string of the molecule is CCNC(=O)CCNc1nc(N)nc2sc(C)cc12. The zero-order valence-electron chi connectivity index (χ0n) is 11.0. The number of hydrogen-bond acceptors (Lipinski definition) is 6. The number of aromatic nitrogens is 2. The smallest absolute Gasteiger partial charge is 0.223 e. The first-order chi connectivity index (χ1) is 9.10. The van der Waals surface area contributed by atoms with E-state index >= 15 is 0 Å². The highest BCUT2D eigenvalue weighted by Crippen LogP contribution is 2.28. The Bertz CT molecular complexity index is 595. The number of nitrogens with one attached hydrogen (secondary N) is 2. The maximum absolute atomic E-state index is 11.4. The molecule has 0 spiro atoms. The van der Waals surface area contributed by atoms with E-state index < -0.39 is 0 Å². The van der Waals surface area contributed by atoms with Crippen LogP contribution in [0.2, 0.25) is 0 Å². The van der Waals surface area contributed by atoms with Crippen LogP contribution in [-0.2, 0) is 4.79 Å². The Morgan fingerprint density at radius 3 is 3.00 bits per heavy atom. The second-order valence-electron chi connectivity index (χ2n) is 4.14. The number of aryl methyl sites for hydroxylation is 1. The average Bonchev–Trinajstić information content (AvgIpc) is 2.69. The van der Waals surface area contributed by atoms with Crippen LogP contribution in [0.5, 0.6) is 0 Å². The Morgan fingerprint density at radius 1 is 1.47 bits per heavy atom. The van der Waals surface area contributed by atoms with Gasteiger partial charge in [0.1, 0.15) is 10.6 Å². The molecule has 6 nitrogen and oxygen atoms in total. The first-order valence-electron chi connectivity index (χ1n) is 6.14. The fourth-order valence-electron chi connectivity index (χ4n) is 1.77. The van der Waals surface area contributed by atoms with Gasteiger partial charge >= 0.3 is 0 Å². The lowest BCUT2D eigenvalue weighted by molar-refractivity contribution is -0.120. The number of anilines is 2. The number of carbonyl (C=O) groups is 1. The van der Waals surface area contributed by atoms with Crippen molar-refractivity contribution in [2.45, 2.75) is 20.3 Å². The van der Waals surface area contributed by atoms with E-state index in [9.17, 15) is 4.79 Å². The second-order valence-corrected chi connectivity index (χ2v) is 5.37. The predicted octanol–water partition coefficient (Wildman–Crippen LogP) is 1.52. The van der Waals surface area contributed by atoms with Gasteiger partial charge in [-0.15, -0.1) is 11.3 Å². The summed E-state index contributed by atoms with van der Waals surface area (Å²) in [4.78, 5) is 21.8. The summed E-state index contributed by atoms with van der Waals surface area (Å²) in [6, 6.07) is 2.02. The van der Waals surface area contributed by atoms with Crippen molar-refractivity contribution in [3.8, 4) is 0 Å². The minimum Gasteiger partial charge on any atom is -0.369 e. The highest BCUT2D eigenvalue weighted by atomic mass is 32.1. The van der Waals surface area contributed by atoms with Gasteiger partial charge in [-0.05, 0) is 19.9 Å². The molecule has 2 rings (SSSR count). The van der Waals surface area contributed by atoms with Crippen LogP contribution < -0.4 is 16.4 Å². The van der Waals surface area contributed by atoms with E-state index in [0.717, 1.165) is 15.1 Å². The van der Waals surface area contributed by atoms with E-state index in [1.165, 1.54) is 0 Å². The normalized spacial score (nSPS) is 10.6. The maximum Gasteiger partial charge on any atom is 0.223 e. The lowest BCUT2D eigenvalue weighted by Crippen LogP contribution is -2.24. The molecule has 0 aliphatic carbocycles. The molecule has 0 fully saturated rings. The van der Waals surface area contributed by atoms with E-state index in [-0.39, 0.29) is 11.9 Å². The van der Waals surface area contributed by atoms with Crippen LogP contribution in [0, 0.1) is 6.92 Å². The van der Waals surface area contributed by atoms with Crippen LogP contribution >= 0.6 is 11.3 Å². The molecule has 0 saturated carbocycles. The second kappa shape index (κ2) is 5.83. The van der Waals surface area contributed by atoms with Gasteiger partial charge in [-0.3, -0.25) is 4.79 Å². The summed E-state index contributed by atoms with van der Waals surface area (Å²) in [6.07, 6.45) is 0.405. The predicted molar refractivity (Wildman–Crippen MR) is 78.4 cm³/mol. The molecule has 102 valence electrons. The molecular formula is C12H17N5OS. The van der Waals surface area contributed by atoms with Gasteiger partial charge in [0.25, 0.3) is 0 Å². The molecule has 0 aromatic carbocycles. The standard InChI is InChI=1S/C12H17N5OS/c1-3-14-9(18)4-5-15-10-8-6-7(2)19-11(8)17-12(13)16-10/h6H,3-5H2,1-2H3,(H,14,18)(H3,13,15,16,17). The Balaban J connectivity index is 2.09. The minimum absolute atomic E-state index is 0.0229. The molecule has 4 N–H and O–H groups in total. The molecule has 0 aliphatic rings. The third-order valence-electron chi connectivity index (χ3n) is 2.55. The van der Waals surface area contributed by atoms with Crippen LogP contribution in [0.4, 0.5) is 11.8 Å². The molecule has 0 saturated heterocycles. The van der Waals surface area contributed by atoms with Crippen molar-refractivity contribution in [1.82, 2.24) is 15.3 Å². The quantitative estimate of drug-likeness (QED) is 0.771. The van der Waals surface area contributed by atoms with Gasteiger partial charge in [0, 0.05) is 24.4 Å². The molecule has 0 radical (unpaired) electrons. The largest absolute Gasteiger partial charge is 0.369 e. The highest BCUT2D eigenvalue weighted by molar-refractivity contribution is 7.18. The molecule has 0 aliphatic heterocycles. The van der Waals surface area contributed by atoms with Crippen molar-refractivity contribution in [2.75, 3.05) is 24.1 Å². The van der Waals surface area contributed by atoms with E-state index in [2.05, 4.69) is 20.6 Å². The van der Waals surface area contributed by atoms with Crippen LogP contribution in [0.3, 0.4) is 0 Å². The van der Waals surface area contributed by atoms with Gasteiger partial charge in [-0.25, -0.2) is 4.98 Å². The minimum atomic E-state index is 0.0229. The van der Waals surface area contributed by atoms with Crippen molar-refractivity contribution in [1.29, 1.82) is 0 Å². The number of rotatable bonds is 5. The summed E-state index contributed by atoms with van der Waals surface area (Å²) in [5.74, 6) is 0.959. The molecule has 0 atom stereocenters. The summed E-state index contributed by atoms with van der Waals surface area (Å²) in [6.45, 7) is 5.08. The lowest BCUT2D eigenvalue weighted by Gasteiger charge is -2.07. The first-order valence-corrected chi connectivity index (χ1v) is 6.96. The summed E-state index contributed by atoms with van der Waals surface area (Å²) >= 11 is 1.58. The summed E-state index contributed by atoms with van der Waals surface area (Å²) < 4.78 is 0. The summed E-state index contributed by atoms with van der Waals surface area (Å²) in [5, 5.41) is 6.85. The zero-order chi connectivity index (χ0) is 13.8. The van der Waals surface area contributed by atoms with Crippen molar-refractivity contribution in [2.24, 2.45) is 0 Å². The molecule has 19 heavy (non-hydrogen) atoms. The number of nitrogens with two attached hydrogens (primary N) is 1. The lowest BCUT2D eigenvalue weighted by atomic mass is 10.3. The monoisotopic (exact) mass is 279 g/mol. The van der Waals surface area contributed by atoms with Gasteiger partial charge in [-0.2, -0.15) is 4.98 Å². The number of carbonyl (C=O) groups excluding carboxylic acids is 1. The number of amides is 1. The fourth-order valence-corrected chi connectivity index (χ4v) is 2.66. The number of fused-ring (bicyclic) bond motifs is 1. The van der Waals surface area contributed by atoms with Gasteiger partial charge in [-0.1, -0.05) is 0 Å². The van der Waals surface area contributed by atoms with Crippen LogP contribution in [0.1, 0.15) is 18.2 Å². The van der Waals surface area contributed by atoms with E-state index in [1.807, 2.05) is 19.9 Å². The number of thiophene rings is 1. The Kier molecular flexibility index (Phi) is 4.16. The highest BCUT2D eigenvalue weighted by Gasteiger charge is 2.09. The van der Waals surface area contributed by atoms with Gasteiger partial charge in [0.05, 0.1) is 5.39 Å². The Morgan fingerprint density at radius 2 is 2.26 bits per heavy atom.